The van der Waals surface area contributed by atoms with Gasteiger partial charge in [-0.3, -0.25) is 9.69 Å². The molecule has 1 aromatic carbocycles. The van der Waals surface area contributed by atoms with E-state index in [-0.39, 0.29) is 12.0 Å². The summed E-state index contributed by atoms with van der Waals surface area (Å²) in [5.41, 5.74) is 2.09. The van der Waals surface area contributed by atoms with E-state index in [4.69, 9.17) is 4.74 Å². The zero-order chi connectivity index (χ0) is 20.4. The van der Waals surface area contributed by atoms with E-state index in [2.05, 4.69) is 38.0 Å². The molecule has 1 atom stereocenters. The second-order valence-electron chi connectivity index (χ2n) is 8.34. The molecule has 0 N–H and O–H groups in total. The van der Waals surface area contributed by atoms with E-state index < -0.39 is 0 Å². The molecule has 156 valence electrons. The van der Waals surface area contributed by atoms with Gasteiger partial charge in [0.15, 0.2) is 0 Å². The predicted molar refractivity (Wildman–Crippen MR) is 114 cm³/mol. The Morgan fingerprint density at radius 2 is 1.97 bits per heavy atom. The molecule has 0 bridgehead atoms. The van der Waals surface area contributed by atoms with Crippen molar-refractivity contribution in [1.82, 2.24) is 19.8 Å². The standard InChI is InChI=1S/C22H31N5O2/c1-16(2)29-22-20-13-18(6-7-21(20)23-15-24-22)26-11-9-25(10-12-26)14-19-5-4-8-27(19)17(3)28/h6-7,13,15-16,19H,4-5,8-12,14H2,1-3H3. The van der Waals surface area contributed by atoms with Crippen LogP contribution in [0, 0.1) is 0 Å². The fraction of sp³-hybridized carbons (Fsp3) is 0.591. The highest BCUT2D eigenvalue weighted by Crippen LogP contribution is 2.28. The molecule has 1 amide bonds. The Hall–Kier alpha value is -2.41. The van der Waals surface area contributed by atoms with Crippen molar-refractivity contribution in [2.24, 2.45) is 0 Å². The Morgan fingerprint density at radius 3 is 2.69 bits per heavy atom. The number of hydrogen-bond acceptors (Lipinski definition) is 6. The SMILES string of the molecule is CC(=O)N1CCCC1CN1CCN(c2ccc3ncnc(OC(C)C)c3c2)CC1. The fourth-order valence-electron chi connectivity index (χ4n) is 4.46. The van der Waals surface area contributed by atoms with Gasteiger partial charge in [-0.2, -0.15) is 0 Å². The van der Waals surface area contributed by atoms with E-state index >= 15 is 0 Å². The first kappa shape index (κ1) is 19.9. The third-order valence-corrected chi connectivity index (χ3v) is 5.92. The number of likely N-dealkylation sites (tertiary alicyclic amines) is 1. The molecule has 0 spiro atoms. The molecule has 1 aromatic heterocycles. The van der Waals surface area contributed by atoms with Crippen molar-refractivity contribution >= 4 is 22.5 Å². The molecule has 1 unspecified atom stereocenters. The first-order chi connectivity index (χ1) is 14.0. The van der Waals surface area contributed by atoms with Gasteiger partial charge in [-0.1, -0.05) is 0 Å². The van der Waals surface area contributed by atoms with Crippen molar-refractivity contribution in [3.8, 4) is 5.88 Å². The molecule has 7 nitrogen and oxygen atoms in total. The highest BCUT2D eigenvalue weighted by Gasteiger charge is 2.29. The smallest absolute Gasteiger partial charge is 0.224 e. The van der Waals surface area contributed by atoms with Gasteiger partial charge in [0.05, 0.1) is 17.0 Å². The fourth-order valence-corrected chi connectivity index (χ4v) is 4.46. The Labute approximate surface area is 172 Å². The van der Waals surface area contributed by atoms with Crippen LogP contribution in [0.1, 0.15) is 33.6 Å². The number of nitrogens with zero attached hydrogens (tertiary/aromatic N) is 5. The summed E-state index contributed by atoms with van der Waals surface area (Å²) in [6.07, 6.45) is 3.89. The molecule has 0 saturated carbocycles. The average molecular weight is 398 g/mol. The molecule has 4 rings (SSSR count). The van der Waals surface area contributed by atoms with Gasteiger partial charge in [-0.05, 0) is 44.9 Å². The average Bonchev–Trinajstić information content (AvgIpc) is 3.17. The number of carbonyl (C=O) groups is 1. The zero-order valence-corrected chi connectivity index (χ0v) is 17.7. The van der Waals surface area contributed by atoms with Crippen molar-refractivity contribution in [3.05, 3.63) is 24.5 Å². The summed E-state index contributed by atoms with van der Waals surface area (Å²) in [5.74, 6) is 0.861. The lowest BCUT2D eigenvalue weighted by Crippen LogP contribution is -2.51. The normalized spacial score (nSPS) is 20.6. The minimum absolute atomic E-state index is 0.0745. The molecule has 0 radical (unpaired) electrons. The van der Waals surface area contributed by atoms with E-state index in [0.29, 0.717) is 11.9 Å². The Kier molecular flexibility index (Phi) is 5.85. The molecule has 29 heavy (non-hydrogen) atoms. The van der Waals surface area contributed by atoms with Gasteiger partial charge in [0.1, 0.15) is 6.33 Å². The number of fused-ring (bicyclic) bond motifs is 1. The maximum Gasteiger partial charge on any atom is 0.224 e. The molecule has 3 heterocycles. The topological polar surface area (TPSA) is 61.8 Å². The number of amides is 1. The van der Waals surface area contributed by atoms with Crippen LogP contribution in [0.5, 0.6) is 5.88 Å². The van der Waals surface area contributed by atoms with Crippen LogP contribution in [0.15, 0.2) is 24.5 Å². The number of ether oxygens (including phenoxy) is 1. The summed E-state index contributed by atoms with van der Waals surface area (Å²) >= 11 is 0. The van der Waals surface area contributed by atoms with Crippen molar-refractivity contribution < 1.29 is 9.53 Å². The minimum Gasteiger partial charge on any atom is -0.474 e. The number of aromatic nitrogens is 2. The zero-order valence-electron chi connectivity index (χ0n) is 17.7. The molecule has 2 aliphatic rings. The van der Waals surface area contributed by atoms with Gasteiger partial charge in [0, 0.05) is 57.9 Å². The number of rotatable bonds is 5. The lowest BCUT2D eigenvalue weighted by Gasteiger charge is -2.38. The van der Waals surface area contributed by atoms with Crippen LogP contribution in [0.4, 0.5) is 5.69 Å². The summed E-state index contributed by atoms with van der Waals surface area (Å²) in [6.45, 7) is 11.6. The number of piperazine rings is 1. The van der Waals surface area contributed by atoms with E-state index in [1.54, 1.807) is 13.3 Å². The van der Waals surface area contributed by atoms with E-state index in [1.807, 2.05) is 18.7 Å². The van der Waals surface area contributed by atoms with Gasteiger partial charge in [0.25, 0.3) is 0 Å². The number of carbonyl (C=O) groups excluding carboxylic acids is 1. The largest absolute Gasteiger partial charge is 0.474 e. The van der Waals surface area contributed by atoms with Crippen LogP contribution in [-0.4, -0.2) is 77.1 Å². The van der Waals surface area contributed by atoms with Crippen LogP contribution >= 0.6 is 0 Å². The van der Waals surface area contributed by atoms with E-state index in [0.717, 1.165) is 63.0 Å². The molecular formula is C22H31N5O2. The van der Waals surface area contributed by atoms with Gasteiger partial charge < -0.3 is 14.5 Å². The van der Waals surface area contributed by atoms with Gasteiger partial charge in [-0.25, -0.2) is 9.97 Å². The highest BCUT2D eigenvalue weighted by molar-refractivity contribution is 5.86. The summed E-state index contributed by atoms with van der Waals surface area (Å²) in [7, 11) is 0. The van der Waals surface area contributed by atoms with E-state index in [1.165, 1.54) is 5.69 Å². The third kappa shape index (κ3) is 4.45. The molecule has 2 saturated heterocycles. The number of anilines is 1. The lowest BCUT2D eigenvalue weighted by molar-refractivity contribution is -0.129. The second kappa shape index (κ2) is 8.53. The third-order valence-electron chi connectivity index (χ3n) is 5.92. The molecule has 2 aliphatic heterocycles. The molecular weight excluding hydrogens is 366 g/mol. The first-order valence-electron chi connectivity index (χ1n) is 10.7. The summed E-state index contributed by atoms with van der Waals surface area (Å²) in [4.78, 5) is 27.5. The highest BCUT2D eigenvalue weighted by atomic mass is 16.5. The maximum atomic E-state index is 11.8. The molecule has 7 heteroatoms. The minimum atomic E-state index is 0.0745. The predicted octanol–water partition coefficient (Wildman–Crippen LogP) is 2.55. The first-order valence-corrected chi connectivity index (χ1v) is 10.7. The van der Waals surface area contributed by atoms with Crippen LogP contribution in [0.2, 0.25) is 0 Å². The number of hydrogen-bond donors (Lipinski definition) is 0. The van der Waals surface area contributed by atoms with Gasteiger partial charge in [-0.15, -0.1) is 0 Å². The van der Waals surface area contributed by atoms with Crippen LogP contribution < -0.4 is 9.64 Å². The molecule has 2 aromatic rings. The van der Waals surface area contributed by atoms with Crippen molar-refractivity contribution in [3.63, 3.8) is 0 Å². The molecule has 0 aliphatic carbocycles. The summed E-state index contributed by atoms with van der Waals surface area (Å²) in [5, 5.41) is 0.962. The van der Waals surface area contributed by atoms with Crippen LogP contribution in [-0.2, 0) is 4.79 Å². The lowest BCUT2D eigenvalue weighted by atomic mass is 10.1. The monoisotopic (exact) mass is 397 g/mol. The van der Waals surface area contributed by atoms with Gasteiger partial charge >= 0.3 is 0 Å². The molecule has 2 fully saturated rings. The van der Waals surface area contributed by atoms with Gasteiger partial charge in [0.2, 0.25) is 11.8 Å². The van der Waals surface area contributed by atoms with Crippen LogP contribution in [0.3, 0.4) is 0 Å². The Balaban J connectivity index is 1.42. The quantitative estimate of drug-likeness (QED) is 0.773. The maximum absolute atomic E-state index is 11.8. The Bertz CT molecular complexity index is 863. The van der Waals surface area contributed by atoms with Crippen molar-refractivity contribution in [2.75, 3.05) is 44.2 Å². The van der Waals surface area contributed by atoms with Crippen molar-refractivity contribution in [1.29, 1.82) is 0 Å². The van der Waals surface area contributed by atoms with E-state index in [9.17, 15) is 4.79 Å². The summed E-state index contributed by atoms with van der Waals surface area (Å²) < 4.78 is 5.88. The van der Waals surface area contributed by atoms with Crippen LogP contribution in [0.25, 0.3) is 10.9 Å². The number of benzene rings is 1. The Morgan fingerprint density at radius 1 is 1.17 bits per heavy atom. The second-order valence-corrected chi connectivity index (χ2v) is 8.34. The summed E-state index contributed by atoms with van der Waals surface area (Å²) in [6, 6.07) is 6.72. The van der Waals surface area contributed by atoms with Crippen molar-refractivity contribution in [2.45, 2.75) is 45.8 Å².